The molecule has 142 valence electrons. The molecule has 3 aromatic rings. The predicted molar refractivity (Wildman–Crippen MR) is 115 cm³/mol. The number of carbonyl (C=O) groups excluding carboxylic acids is 2. The minimum Gasteiger partial charge on any atom is -0.452 e. The number of anilines is 1. The molecule has 0 radical (unpaired) electrons. The number of carbonyl (C=O) groups is 2. The number of benzene rings is 3. The lowest BCUT2D eigenvalue weighted by Crippen LogP contribution is -2.21. The Morgan fingerprint density at radius 1 is 0.964 bits per heavy atom. The first-order chi connectivity index (χ1) is 13.5. The minimum atomic E-state index is -0.550. The van der Waals surface area contributed by atoms with Gasteiger partial charge in [0.05, 0.1) is 11.3 Å². The highest BCUT2D eigenvalue weighted by atomic mass is 79.9. The molecule has 0 spiro atoms. The maximum atomic E-state index is 12.2. The highest BCUT2D eigenvalue weighted by Gasteiger charge is 2.12. The summed E-state index contributed by atoms with van der Waals surface area (Å²) in [7, 11) is 0. The van der Waals surface area contributed by atoms with Crippen LogP contribution in [0, 0.1) is 0 Å². The molecule has 0 saturated heterocycles. The van der Waals surface area contributed by atoms with E-state index in [9.17, 15) is 9.59 Å². The highest BCUT2D eigenvalue weighted by Crippen LogP contribution is 2.33. The Labute approximate surface area is 180 Å². The average molecular weight is 477 g/mol. The van der Waals surface area contributed by atoms with Crippen LogP contribution in [0.4, 0.5) is 5.69 Å². The Kier molecular flexibility index (Phi) is 7.14. The van der Waals surface area contributed by atoms with E-state index in [1.54, 1.807) is 30.3 Å². The largest absolute Gasteiger partial charge is 0.452 e. The van der Waals surface area contributed by atoms with Crippen molar-refractivity contribution in [3.05, 3.63) is 87.9 Å². The summed E-state index contributed by atoms with van der Waals surface area (Å²) in [6.45, 7) is -0.366. The van der Waals surface area contributed by atoms with Gasteiger partial charge in [-0.1, -0.05) is 51.4 Å². The number of nitrogens with one attached hydrogen (secondary N) is 1. The molecule has 0 aliphatic heterocycles. The van der Waals surface area contributed by atoms with E-state index in [1.165, 1.54) is 11.8 Å². The number of para-hydroxylation sites is 1. The Bertz CT molecular complexity index is 978. The van der Waals surface area contributed by atoms with Gasteiger partial charge in [-0.2, -0.15) is 0 Å². The smallest absolute Gasteiger partial charge is 0.338 e. The topological polar surface area (TPSA) is 55.4 Å². The Hall–Kier alpha value is -2.28. The van der Waals surface area contributed by atoms with Crippen molar-refractivity contribution in [2.45, 2.75) is 9.79 Å². The molecule has 0 aliphatic carbocycles. The fraction of sp³-hybridized carbons (Fsp3) is 0.0476. The van der Waals surface area contributed by atoms with Gasteiger partial charge in [0, 0.05) is 19.3 Å². The molecule has 0 atom stereocenters. The van der Waals surface area contributed by atoms with Gasteiger partial charge >= 0.3 is 5.97 Å². The van der Waals surface area contributed by atoms with Crippen LogP contribution in [0.15, 0.2) is 87.1 Å². The van der Waals surface area contributed by atoms with Crippen molar-refractivity contribution in [2.24, 2.45) is 0 Å². The first-order valence-corrected chi connectivity index (χ1v) is 10.2. The van der Waals surface area contributed by atoms with Gasteiger partial charge in [-0.05, 0) is 60.7 Å². The van der Waals surface area contributed by atoms with E-state index in [2.05, 4.69) is 21.2 Å². The van der Waals surface area contributed by atoms with Crippen LogP contribution < -0.4 is 5.32 Å². The summed E-state index contributed by atoms with van der Waals surface area (Å²) < 4.78 is 5.94. The van der Waals surface area contributed by atoms with Crippen LogP contribution in [0.3, 0.4) is 0 Å². The molecule has 3 rings (SSSR count). The van der Waals surface area contributed by atoms with Gasteiger partial charge in [0.15, 0.2) is 6.61 Å². The van der Waals surface area contributed by atoms with E-state index < -0.39 is 11.9 Å². The lowest BCUT2D eigenvalue weighted by Gasteiger charge is -2.11. The third-order valence-electron chi connectivity index (χ3n) is 3.62. The third kappa shape index (κ3) is 5.86. The second-order valence-electron chi connectivity index (χ2n) is 5.68. The van der Waals surface area contributed by atoms with E-state index >= 15 is 0 Å². The SMILES string of the molecule is O=C(COC(=O)c1ccc(Br)cc1)Nc1ccccc1Sc1ccc(Cl)cc1. The molecule has 4 nitrogen and oxygen atoms in total. The summed E-state index contributed by atoms with van der Waals surface area (Å²) in [6.07, 6.45) is 0. The number of hydrogen-bond donors (Lipinski definition) is 1. The van der Waals surface area contributed by atoms with Crippen molar-refractivity contribution in [1.29, 1.82) is 0 Å². The third-order valence-corrected chi connectivity index (χ3v) is 5.48. The molecule has 0 aromatic heterocycles. The first kappa shape index (κ1) is 20.5. The Balaban J connectivity index is 1.60. The fourth-order valence-electron chi connectivity index (χ4n) is 2.28. The number of rotatable bonds is 6. The van der Waals surface area contributed by atoms with Gasteiger partial charge in [-0.25, -0.2) is 4.79 Å². The molecule has 1 amide bonds. The second-order valence-corrected chi connectivity index (χ2v) is 8.15. The summed E-state index contributed by atoms with van der Waals surface area (Å²) in [6, 6.07) is 21.6. The molecule has 0 saturated carbocycles. The zero-order valence-electron chi connectivity index (χ0n) is 14.5. The molecule has 7 heteroatoms. The molecule has 0 fully saturated rings. The van der Waals surface area contributed by atoms with Crippen molar-refractivity contribution in [3.63, 3.8) is 0 Å². The van der Waals surface area contributed by atoms with Crippen LogP contribution in [0.1, 0.15) is 10.4 Å². The standard InChI is InChI=1S/C21H15BrClNO3S/c22-15-7-5-14(6-8-15)21(26)27-13-20(25)24-18-3-1-2-4-19(18)28-17-11-9-16(23)10-12-17/h1-12H,13H2,(H,24,25). The van der Waals surface area contributed by atoms with Crippen LogP contribution in [0.2, 0.25) is 5.02 Å². The van der Waals surface area contributed by atoms with E-state index in [-0.39, 0.29) is 6.61 Å². The number of hydrogen-bond acceptors (Lipinski definition) is 4. The summed E-state index contributed by atoms with van der Waals surface area (Å²) in [5, 5.41) is 3.45. The molecule has 1 N–H and O–H groups in total. The molecule has 0 aliphatic rings. The van der Waals surface area contributed by atoms with E-state index in [0.29, 0.717) is 16.3 Å². The molecular formula is C21H15BrClNO3S. The average Bonchev–Trinajstić information content (AvgIpc) is 2.70. The van der Waals surface area contributed by atoms with Crippen molar-refractivity contribution in [3.8, 4) is 0 Å². The molecule has 0 bridgehead atoms. The lowest BCUT2D eigenvalue weighted by molar-refractivity contribution is -0.119. The molecular weight excluding hydrogens is 462 g/mol. The van der Waals surface area contributed by atoms with Crippen molar-refractivity contribution in [2.75, 3.05) is 11.9 Å². The zero-order chi connectivity index (χ0) is 19.9. The van der Waals surface area contributed by atoms with Gasteiger partial charge < -0.3 is 10.1 Å². The lowest BCUT2D eigenvalue weighted by atomic mass is 10.2. The molecule has 3 aromatic carbocycles. The van der Waals surface area contributed by atoms with Gasteiger partial charge in [0.25, 0.3) is 5.91 Å². The van der Waals surface area contributed by atoms with Crippen LogP contribution in [0.25, 0.3) is 0 Å². The van der Waals surface area contributed by atoms with Crippen molar-refractivity contribution in [1.82, 2.24) is 0 Å². The summed E-state index contributed by atoms with van der Waals surface area (Å²) >= 11 is 10.7. The van der Waals surface area contributed by atoms with E-state index in [1.807, 2.05) is 42.5 Å². The first-order valence-electron chi connectivity index (χ1n) is 8.26. The number of halogens is 2. The molecule has 28 heavy (non-hydrogen) atoms. The Morgan fingerprint density at radius 2 is 1.64 bits per heavy atom. The van der Waals surface area contributed by atoms with Gasteiger partial charge in [0.1, 0.15) is 0 Å². The van der Waals surface area contributed by atoms with Crippen LogP contribution >= 0.6 is 39.3 Å². The number of esters is 1. The summed E-state index contributed by atoms with van der Waals surface area (Å²) in [5.41, 5.74) is 1.03. The van der Waals surface area contributed by atoms with Crippen molar-refractivity contribution >= 4 is 56.9 Å². The van der Waals surface area contributed by atoms with Gasteiger partial charge in [0.2, 0.25) is 0 Å². The predicted octanol–water partition coefficient (Wildman–Crippen LogP) is 6.05. The normalized spacial score (nSPS) is 10.4. The van der Waals surface area contributed by atoms with E-state index in [4.69, 9.17) is 16.3 Å². The molecule has 0 heterocycles. The Morgan fingerprint density at radius 3 is 2.36 bits per heavy atom. The highest BCUT2D eigenvalue weighted by molar-refractivity contribution is 9.10. The van der Waals surface area contributed by atoms with Crippen LogP contribution in [-0.2, 0) is 9.53 Å². The van der Waals surface area contributed by atoms with Gasteiger partial charge in [-0.3, -0.25) is 4.79 Å². The summed E-state index contributed by atoms with van der Waals surface area (Å²) in [5.74, 6) is -0.957. The van der Waals surface area contributed by atoms with E-state index in [0.717, 1.165) is 14.3 Å². The van der Waals surface area contributed by atoms with Crippen LogP contribution in [-0.4, -0.2) is 18.5 Å². The quantitative estimate of drug-likeness (QED) is 0.440. The number of ether oxygens (including phenoxy) is 1. The summed E-state index contributed by atoms with van der Waals surface area (Å²) in [4.78, 5) is 26.1. The van der Waals surface area contributed by atoms with Crippen molar-refractivity contribution < 1.29 is 14.3 Å². The zero-order valence-corrected chi connectivity index (χ0v) is 17.7. The minimum absolute atomic E-state index is 0.366. The monoisotopic (exact) mass is 475 g/mol. The maximum absolute atomic E-state index is 12.2. The maximum Gasteiger partial charge on any atom is 0.338 e. The number of amides is 1. The molecule has 0 unspecified atom stereocenters. The fourth-order valence-corrected chi connectivity index (χ4v) is 3.57. The van der Waals surface area contributed by atoms with Gasteiger partial charge in [-0.15, -0.1) is 0 Å². The van der Waals surface area contributed by atoms with Crippen LogP contribution in [0.5, 0.6) is 0 Å². The second kappa shape index (κ2) is 9.78.